The molecule has 0 unspecified atom stereocenters. The van der Waals surface area contributed by atoms with Crippen molar-refractivity contribution in [2.45, 2.75) is 77.6 Å². The van der Waals surface area contributed by atoms with Gasteiger partial charge in [0.2, 0.25) is 0 Å². The van der Waals surface area contributed by atoms with Gasteiger partial charge in [-0.05, 0) is 55.7 Å². The van der Waals surface area contributed by atoms with Crippen molar-refractivity contribution in [2.24, 2.45) is 11.8 Å². The third-order valence-corrected chi connectivity index (χ3v) is 9.93. The number of hydrogen-bond acceptors (Lipinski definition) is 1. The van der Waals surface area contributed by atoms with E-state index in [1.165, 1.54) is 31.0 Å². The molecule has 2 heteroatoms. The molecule has 0 spiro atoms. The van der Waals surface area contributed by atoms with Crippen molar-refractivity contribution < 1.29 is 4.43 Å². The first-order valence-electron chi connectivity index (χ1n) is 8.61. The molecular formula is C18H34OSi. The standard InChI is InChI=1S/C18H34OSi/c1-6-11-12-13-17-16(7-2)14-15-18(17)19-20(8-3,9-4)10-5/h7,11-12,16-18H,2,6,8-10,13-15H2,1,3-5H3/b12-11-/t16-,17-,18+/m0/s1. The summed E-state index contributed by atoms with van der Waals surface area (Å²) in [5, 5.41) is 0. The average molecular weight is 295 g/mol. The Labute approximate surface area is 127 Å². The van der Waals surface area contributed by atoms with Crippen molar-refractivity contribution in [3.05, 3.63) is 24.8 Å². The summed E-state index contributed by atoms with van der Waals surface area (Å²) >= 11 is 0. The maximum absolute atomic E-state index is 6.78. The third kappa shape index (κ3) is 4.32. The zero-order valence-corrected chi connectivity index (χ0v) is 15.0. The van der Waals surface area contributed by atoms with Gasteiger partial charge in [-0.1, -0.05) is 45.9 Å². The van der Waals surface area contributed by atoms with E-state index in [1.807, 2.05) is 0 Å². The molecule has 0 bridgehead atoms. The van der Waals surface area contributed by atoms with Crippen LogP contribution in [0.1, 0.15) is 53.4 Å². The van der Waals surface area contributed by atoms with Crippen LogP contribution >= 0.6 is 0 Å². The summed E-state index contributed by atoms with van der Waals surface area (Å²) in [5.41, 5.74) is 0. The molecule has 0 heterocycles. The van der Waals surface area contributed by atoms with Crippen LogP contribution in [-0.4, -0.2) is 14.4 Å². The highest BCUT2D eigenvalue weighted by molar-refractivity contribution is 6.73. The lowest BCUT2D eigenvalue weighted by atomic mass is 9.91. The lowest BCUT2D eigenvalue weighted by Crippen LogP contribution is -2.41. The van der Waals surface area contributed by atoms with Crippen LogP contribution < -0.4 is 0 Å². The molecule has 0 aromatic rings. The summed E-state index contributed by atoms with van der Waals surface area (Å²) in [7, 11) is -1.47. The summed E-state index contributed by atoms with van der Waals surface area (Å²) in [6, 6.07) is 3.77. The Morgan fingerprint density at radius 1 is 1.05 bits per heavy atom. The first kappa shape index (κ1) is 17.7. The van der Waals surface area contributed by atoms with Crippen molar-refractivity contribution in [2.75, 3.05) is 0 Å². The molecule has 3 atom stereocenters. The zero-order chi connectivity index (χ0) is 15.0. The fraction of sp³-hybridized carbons (Fsp3) is 0.778. The Bertz CT molecular complexity index is 298. The molecule has 1 fully saturated rings. The van der Waals surface area contributed by atoms with Gasteiger partial charge in [-0.2, -0.15) is 0 Å². The van der Waals surface area contributed by atoms with E-state index in [0.29, 0.717) is 17.9 Å². The minimum atomic E-state index is -1.47. The Balaban J connectivity index is 2.75. The first-order chi connectivity index (χ1) is 9.66. The van der Waals surface area contributed by atoms with Crippen LogP contribution in [-0.2, 0) is 4.43 Å². The highest BCUT2D eigenvalue weighted by atomic mass is 28.4. The monoisotopic (exact) mass is 294 g/mol. The van der Waals surface area contributed by atoms with Crippen LogP contribution in [0.5, 0.6) is 0 Å². The number of hydrogen-bond donors (Lipinski definition) is 0. The maximum Gasteiger partial charge on any atom is 0.192 e. The second-order valence-corrected chi connectivity index (χ2v) is 10.9. The Kier molecular flexibility index (Phi) is 7.82. The Morgan fingerprint density at radius 2 is 1.70 bits per heavy atom. The molecule has 0 radical (unpaired) electrons. The molecule has 0 aromatic heterocycles. The van der Waals surface area contributed by atoms with E-state index in [-0.39, 0.29) is 0 Å². The molecule has 0 N–H and O–H groups in total. The molecule has 0 aromatic carbocycles. The third-order valence-electron chi connectivity index (χ3n) is 5.26. The maximum atomic E-state index is 6.78. The fourth-order valence-corrected chi connectivity index (χ4v) is 6.50. The quantitative estimate of drug-likeness (QED) is 0.377. The normalized spacial score (nSPS) is 27.3. The van der Waals surface area contributed by atoms with E-state index < -0.39 is 8.32 Å². The molecule has 1 aliphatic rings. The van der Waals surface area contributed by atoms with E-state index in [1.54, 1.807) is 0 Å². The van der Waals surface area contributed by atoms with E-state index >= 15 is 0 Å². The van der Waals surface area contributed by atoms with Crippen molar-refractivity contribution in [3.8, 4) is 0 Å². The molecular weight excluding hydrogens is 260 g/mol. The highest BCUT2D eigenvalue weighted by Gasteiger charge is 2.40. The minimum Gasteiger partial charge on any atom is -0.414 e. The first-order valence-corrected chi connectivity index (χ1v) is 11.1. The predicted octanol–water partition coefficient (Wildman–Crippen LogP) is 5.95. The van der Waals surface area contributed by atoms with Gasteiger partial charge in [-0.3, -0.25) is 0 Å². The Hall–Kier alpha value is -0.343. The van der Waals surface area contributed by atoms with Crippen molar-refractivity contribution in [3.63, 3.8) is 0 Å². The van der Waals surface area contributed by atoms with Crippen LogP contribution in [0.15, 0.2) is 24.8 Å². The van der Waals surface area contributed by atoms with Crippen LogP contribution in [0.2, 0.25) is 18.1 Å². The van der Waals surface area contributed by atoms with Gasteiger partial charge < -0.3 is 4.43 Å². The molecule has 1 rings (SSSR count). The van der Waals surface area contributed by atoms with Gasteiger partial charge >= 0.3 is 0 Å². The van der Waals surface area contributed by atoms with Gasteiger partial charge in [-0.25, -0.2) is 0 Å². The summed E-state index contributed by atoms with van der Waals surface area (Å²) in [4.78, 5) is 0. The summed E-state index contributed by atoms with van der Waals surface area (Å²) < 4.78 is 6.78. The van der Waals surface area contributed by atoms with Gasteiger partial charge in [0.05, 0.1) is 0 Å². The minimum absolute atomic E-state index is 0.478. The van der Waals surface area contributed by atoms with Crippen molar-refractivity contribution in [1.82, 2.24) is 0 Å². The van der Waals surface area contributed by atoms with E-state index in [9.17, 15) is 0 Å². The lowest BCUT2D eigenvalue weighted by molar-refractivity contribution is 0.137. The fourth-order valence-electron chi connectivity index (χ4n) is 3.57. The van der Waals surface area contributed by atoms with Crippen molar-refractivity contribution in [1.29, 1.82) is 0 Å². The van der Waals surface area contributed by atoms with E-state index in [4.69, 9.17) is 4.43 Å². The highest BCUT2D eigenvalue weighted by Crippen LogP contribution is 2.40. The predicted molar refractivity (Wildman–Crippen MR) is 92.5 cm³/mol. The van der Waals surface area contributed by atoms with Gasteiger partial charge in [0, 0.05) is 6.10 Å². The van der Waals surface area contributed by atoms with E-state index in [0.717, 1.165) is 12.8 Å². The zero-order valence-electron chi connectivity index (χ0n) is 14.0. The van der Waals surface area contributed by atoms with Gasteiger partial charge in [0.15, 0.2) is 8.32 Å². The summed E-state index contributed by atoms with van der Waals surface area (Å²) in [5.74, 6) is 1.31. The molecule has 0 saturated heterocycles. The van der Waals surface area contributed by atoms with Gasteiger partial charge in [0.1, 0.15) is 0 Å². The second-order valence-electron chi connectivity index (χ2n) is 6.16. The van der Waals surface area contributed by atoms with Gasteiger partial charge in [-0.15, -0.1) is 6.58 Å². The second kappa shape index (κ2) is 8.84. The molecule has 0 amide bonds. The van der Waals surface area contributed by atoms with E-state index in [2.05, 4.69) is 52.5 Å². The van der Waals surface area contributed by atoms with Crippen LogP contribution in [0.4, 0.5) is 0 Å². The van der Waals surface area contributed by atoms with Crippen molar-refractivity contribution >= 4 is 8.32 Å². The van der Waals surface area contributed by atoms with Crippen LogP contribution in [0, 0.1) is 11.8 Å². The smallest absolute Gasteiger partial charge is 0.192 e. The SMILES string of the molecule is C=C[C@H]1CC[C@@H](O[Si](CC)(CC)CC)[C@H]1C/C=C\CC. The number of allylic oxidation sites excluding steroid dienone is 3. The van der Waals surface area contributed by atoms with Crippen LogP contribution in [0.25, 0.3) is 0 Å². The number of rotatable bonds is 9. The molecule has 0 aliphatic heterocycles. The molecule has 1 saturated carbocycles. The largest absolute Gasteiger partial charge is 0.414 e. The van der Waals surface area contributed by atoms with Gasteiger partial charge in [0.25, 0.3) is 0 Å². The van der Waals surface area contributed by atoms with Crippen LogP contribution in [0.3, 0.4) is 0 Å². The average Bonchev–Trinajstić information content (AvgIpc) is 2.87. The lowest BCUT2D eigenvalue weighted by Gasteiger charge is -2.34. The topological polar surface area (TPSA) is 9.23 Å². The summed E-state index contributed by atoms with van der Waals surface area (Å²) in [6.07, 6.45) is 12.1. The molecule has 1 aliphatic carbocycles. The Morgan fingerprint density at radius 3 is 2.20 bits per heavy atom. The molecule has 1 nitrogen and oxygen atoms in total. The summed E-state index contributed by atoms with van der Waals surface area (Å²) in [6.45, 7) is 13.2. The molecule has 20 heavy (non-hydrogen) atoms. The molecule has 116 valence electrons.